The Morgan fingerprint density at radius 3 is 1.14 bits per heavy atom. The highest BCUT2D eigenvalue weighted by molar-refractivity contribution is 6.07. The molecule has 0 unspecified atom stereocenters. The van der Waals surface area contributed by atoms with Gasteiger partial charge >= 0.3 is 0 Å². The number of para-hydroxylation sites is 2. The van der Waals surface area contributed by atoms with E-state index in [1.807, 2.05) is 49.1 Å². The average Bonchev–Trinajstić information content (AvgIpc) is 3.71. The minimum Gasteiger partial charge on any atom is -0.308 e. The maximum atomic E-state index is 4.79. The van der Waals surface area contributed by atoms with E-state index in [4.69, 9.17) is 9.97 Å². The van der Waals surface area contributed by atoms with Gasteiger partial charge < -0.3 is 9.13 Å². The van der Waals surface area contributed by atoms with Crippen LogP contribution in [0.15, 0.2) is 170 Å². The summed E-state index contributed by atoms with van der Waals surface area (Å²) in [6.07, 6.45) is 7.56. The predicted octanol–water partition coefficient (Wildman–Crippen LogP) is 10.5. The van der Waals surface area contributed by atoms with Gasteiger partial charge in [0.15, 0.2) is 0 Å². The van der Waals surface area contributed by atoms with Crippen molar-refractivity contribution in [2.24, 2.45) is 0 Å². The van der Waals surface area contributed by atoms with Crippen molar-refractivity contribution < 1.29 is 0 Å². The van der Waals surface area contributed by atoms with Crippen LogP contribution < -0.4 is 0 Å². The molecule has 10 rings (SSSR count). The maximum Gasteiger partial charge on any atom is 0.0963 e. The smallest absolute Gasteiger partial charge is 0.0963 e. The number of aromatic nitrogens is 6. The molecule has 0 aliphatic rings. The Hall–Kier alpha value is -6.92. The van der Waals surface area contributed by atoms with E-state index < -0.39 is 0 Å². The summed E-state index contributed by atoms with van der Waals surface area (Å²) >= 11 is 0. The molecule has 0 radical (unpaired) electrons. The van der Waals surface area contributed by atoms with E-state index in [0.29, 0.717) is 0 Å². The monoisotopic (exact) mass is 640 g/mol. The van der Waals surface area contributed by atoms with Gasteiger partial charge in [-0.1, -0.05) is 72.8 Å². The third kappa shape index (κ3) is 4.50. The van der Waals surface area contributed by atoms with Crippen LogP contribution in [0.2, 0.25) is 0 Å². The lowest BCUT2D eigenvalue weighted by Gasteiger charge is -2.10. The topological polar surface area (TPSA) is 61.4 Å². The number of rotatable bonds is 5. The lowest BCUT2D eigenvalue weighted by Crippen LogP contribution is -1.94. The molecule has 0 aliphatic heterocycles. The number of benzene rings is 4. The zero-order valence-corrected chi connectivity index (χ0v) is 26.8. The fraction of sp³-hybridized carbons (Fsp3) is 0. The van der Waals surface area contributed by atoms with Gasteiger partial charge in [-0.25, -0.2) is 0 Å². The molecule has 0 amide bonds. The second-order valence-corrected chi connectivity index (χ2v) is 12.4. The summed E-state index contributed by atoms with van der Waals surface area (Å²) in [5.41, 5.74) is 14.7. The summed E-state index contributed by atoms with van der Waals surface area (Å²) in [6.45, 7) is 0. The summed E-state index contributed by atoms with van der Waals surface area (Å²) in [5.74, 6) is 0. The van der Waals surface area contributed by atoms with E-state index in [2.05, 4.69) is 140 Å². The van der Waals surface area contributed by atoms with Gasteiger partial charge in [0.1, 0.15) is 0 Å². The Labute approximate surface area is 287 Å². The Morgan fingerprint density at radius 1 is 0.320 bits per heavy atom. The van der Waals surface area contributed by atoms with Crippen molar-refractivity contribution >= 4 is 43.9 Å². The molecule has 0 N–H and O–H groups in total. The van der Waals surface area contributed by atoms with Gasteiger partial charge in [0.05, 0.1) is 44.5 Å². The highest BCUT2D eigenvalue weighted by Crippen LogP contribution is 2.33. The lowest BCUT2D eigenvalue weighted by molar-refractivity contribution is 1.17. The Bertz CT molecular complexity index is 2520. The van der Waals surface area contributed by atoms with Gasteiger partial charge in [-0.05, 0) is 83.9 Å². The highest BCUT2D eigenvalue weighted by Gasteiger charge is 2.14. The third-order valence-corrected chi connectivity index (χ3v) is 9.56. The fourth-order valence-corrected chi connectivity index (χ4v) is 7.16. The van der Waals surface area contributed by atoms with E-state index >= 15 is 0 Å². The van der Waals surface area contributed by atoms with Crippen LogP contribution in [0, 0.1) is 0 Å². The Kier molecular flexibility index (Phi) is 6.39. The van der Waals surface area contributed by atoms with Gasteiger partial charge in [0.25, 0.3) is 0 Å². The molecule has 10 aromatic rings. The standard InChI is InChI=1S/C44H28N6/c1-3-9-39-35(7-1)43-41(11-5-25-45-43)49(39)33-19-13-29(14-20-33)31-17-23-37(47-27-31)38-24-18-32(28-48-38)30-15-21-34(22-16-30)50-40-10-4-2-8-36(40)44-42(50)12-6-26-46-44/h1-28H. The summed E-state index contributed by atoms with van der Waals surface area (Å²) in [6, 6.07) is 50.6. The minimum absolute atomic E-state index is 0.838. The number of fused-ring (bicyclic) bond motifs is 6. The van der Waals surface area contributed by atoms with Crippen molar-refractivity contribution in [2.75, 3.05) is 0 Å². The van der Waals surface area contributed by atoms with Gasteiger partial charge in [-0.2, -0.15) is 0 Å². The van der Waals surface area contributed by atoms with E-state index in [-0.39, 0.29) is 0 Å². The molecule has 4 aromatic carbocycles. The van der Waals surface area contributed by atoms with Crippen LogP contribution in [0.3, 0.4) is 0 Å². The third-order valence-electron chi connectivity index (χ3n) is 9.56. The lowest BCUT2D eigenvalue weighted by atomic mass is 10.1. The summed E-state index contributed by atoms with van der Waals surface area (Å²) in [4.78, 5) is 18.9. The van der Waals surface area contributed by atoms with Crippen molar-refractivity contribution in [2.45, 2.75) is 0 Å². The average molecular weight is 641 g/mol. The molecular formula is C44H28N6. The van der Waals surface area contributed by atoms with Crippen molar-refractivity contribution in [3.63, 3.8) is 0 Å². The molecule has 50 heavy (non-hydrogen) atoms. The summed E-state index contributed by atoms with van der Waals surface area (Å²) in [5, 5.41) is 2.31. The molecule has 0 fully saturated rings. The maximum absolute atomic E-state index is 4.79. The molecule has 0 saturated carbocycles. The van der Waals surface area contributed by atoms with Crippen LogP contribution in [0.4, 0.5) is 0 Å². The van der Waals surface area contributed by atoms with E-state index in [0.717, 1.165) is 88.9 Å². The van der Waals surface area contributed by atoms with Crippen LogP contribution in [0.1, 0.15) is 0 Å². The molecule has 234 valence electrons. The van der Waals surface area contributed by atoms with Gasteiger partial charge in [0.2, 0.25) is 0 Å². The second-order valence-electron chi connectivity index (χ2n) is 12.4. The molecule has 0 atom stereocenters. The first-order valence-electron chi connectivity index (χ1n) is 16.6. The fourth-order valence-electron chi connectivity index (χ4n) is 7.16. The van der Waals surface area contributed by atoms with Crippen molar-refractivity contribution in [3.8, 4) is 45.0 Å². The molecule has 6 nitrogen and oxygen atoms in total. The van der Waals surface area contributed by atoms with Crippen LogP contribution in [-0.4, -0.2) is 29.1 Å². The molecule has 0 saturated heterocycles. The van der Waals surface area contributed by atoms with Crippen molar-refractivity contribution in [3.05, 3.63) is 170 Å². The van der Waals surface area contributed by atoms with Crippen molar-refractivity contribution in [1.82, 2.24) is 29.1 Å². The number of hydrogen-bond donors (Lipinski definition) is 0. The molecule has 6 heterocycles. The molecule has 6 heteroatoms. The normalized spacial score (nSPS) is 11.6. The summed E-state index contributed by atoms with van der Waals surface area (Å²) < 4.78 is 4.55. The molecular weight excluding hydrogens is 613 g/mol. The Morgan fingerprint density at radius 2 is 0.720 bits per heavy atom. The number of hydrogen-bond acceptors (Lipinski definition) is 4. The largest absolute Gasteiger partial charge is 0.308 e. The number of pyridine rings is 4. The van der Waals surface area contributed by atoms with E-state index in [1.54, 1.807) is 0 Å². The van der Waals surface area contributed by atoms with Crippen molar-refractivity contribution in [1.29, 1.82) is 0 Å². The predicted molar refractivity (Wildman–Crippen MR) is 203 cm³/mol. The van der Waals surface area contributed by atoms with Crippen LogP contribution >= 0.6 is 0 Å². The van der Waals surface area contributed by atoms with E-state index in [9.17, 15) is 0 Å². The van der Waals surface area contributed by atoms with Gasteiger partial charge in [-0.15, -0.1) is 0 Å². The first kappa shape index (κ1) is 28.1. The minimum atomic E-state index is 0.838. The second kappa shape index (κ2) is 11.4. The molecule has 6 aromatic heterocycles. The summed E-state index contributed by atoms with van der Waals surface area (Å²) in [7, 11) is 0. The van der Waals surface area contributed by atoms with Crippen LogP contribution in [0.25, 0.3) is 88.9 Å². The number of nitrogens with zero attached hydrogens (tertiary/aromatic N) is 6. The SMILES string of the molecule is c1ccc2c(c1)c1ncccc1n2-c1ccc(-c2ccc(-c3ccc(-c4ccc(-n5c6ccccc6c6ncccc65)cc4)cn3)nc2)cc1. The zero-order valence-electron chi connectivity index (χ0n) is 26.8. The quantitative estimate of drug-likeness (QED) is 0.188. The van der Waals surface area contributed by atoms with E-state index in [1.165, 1.54) is 0 Å². The van der Waals surface area contributed by atoms with Crippen LogP contribution in [0.5, 0.6) is 0 Å². The zero-order chi connectivity index (χ0) is 33.0. The van der Waals surface area contributed by atoms with Gasteiger partial charge in [-0.3, -0.25) is 19.9 Å². The first-order chi connectivity index (χ1) is 24.8. The molecule has 0 aliphatic carbocycles. The van der Waals surface area contributed by atoms with Gasteiger partial charge in [0, 0.05) is 58.1 Å². The Balaban J connectivity index is 0.893. The molecule has 0 bridgehead atoms. The first-order valence-corrected chi connectivity index (χ1v) is 16.6. The molecule has 0 spiro atoms. The van der Waals surface area contributed by atoms with Crippen LogP contribution in [-0.2, 0) is 0 Å². The highest BCUT2D eigenvalue weighted by atomic mass is 15.0.